The number of carbonyl (C=O) groups is 2. The predicted molar refractivity (Wildman–Crippen MR) is 88.8 cm³/mol. The molecule has 0 bridgehead atoms. The van der Waals surface area contributed by atoms with Gasteiger partial charge in [0.1, 0.15) is 17.5 Å². The van der Waals surface area contributed by atoms with Crippen LogP contribution in [0, 0.1) is 5.82 Å². The van der Waals surface area contributed by atoms with Gasteiger partial charge in [0, 0.05) is 13.1 Å². The van der Waals surface area contributed by atoms with Gasteiger partial charge in [0.2, 0.25) is 5.91 Å². The number of likely N-dealkylation sites (tertiary alicyclic amines) is 1. The smallest absolute Gasteiger partial charge is 0.410 e. The first-order chi connectivity index (χ1) is 11.3. The highest BCUT2D eigenvalue weighted by Crippen LogP contribution is 2.20. The van der Waals surface area contributed by atoms with Crippen molar-refractivity contribution in [2.75, 3.05) is 6.54 Å². The van der Waals surface area contributed by atoms with E-state index in [0.29, 0.717) is 18.5 Å². The van der Waals surface area contributed by atoms with Gasteiger partial charge >= 0.3 is 6.09 Å². The molecule has 1 fully saturated rings. The van der Waals surface area contributed by atoms with Gasteiger partial charge in [-0.25, -0.2) is 9.18 Å². The van der Waals surface area contributed by atoms with Gasteiger partial charge in [0.15, 0.2) is 0 Å². The first kappa shape index (κ1) is 18.2. The van der Waals surface area contributed by atoms with E-state index >= 15 is 0 Å². The van der Waals surface area contributed by atoms with Gasteiger partial charge in [-0.3, -0.25) is 9.69 Å². The number of hydrogen-bond acceptors (Lipinski definition) is 3. The number of rotatable bonds is 3. The molecule has 2 rings (SSSR count). The summed E-state index contributed by atoms with van der Waals surface area (Å²) >= 11 is 0. The molecular formula is C18H25FN2O3. The Morgan fingerprint density at radius 3 is 2.75 bits per heavy atom. The van der Waals surface area contributed by atoms with Crippen molar-refractivity contribution >= 4 is 12.0 Å². The number of ether oxygens (including phenoxy) is 1. The van der Waals surface area contributed by atoms with Crippen LogP contribution in [0.3, 0.4) is 0 Å². The maximum atomic E-state index is 13.2. The molecule has 1 atom stereocenters. The van der Waals surface area contributed by atoms with Crippen LogP contribution in [0.15, 0.2) is 24.3 Å². The molecule has 24 heavy (non-hydrogen) atoms. The number of benzene rings is 1. The first-order valence-electron chi connectivity index (χ1n) is 8.28. The van der Waals surface area contributed by atoms with E-state index in [4.69, 9.17) is 4.74 Å². The number of piperidine rings is 1. The van der Waals surface area contributed by atoms with Crippen molar-refractivity contribution in [3.05, 3.63) is 35.6 Å². The second-order valence-corrected chi connectivity index (χ2v) is 7.03. The minimum Gasteiger partial charge on any atom is -0.444 e. The lowest BCUT2D eigenvalue weighted by Gasteiger charge is -2.35. The average molecular weight is 336 g/mol. The molecule has 1 N–H and O–H groups in total. The first-order valence-corrected chi connectivity index (χ1v) is 8.28. The molecule has 0 saturated carbocycles. The van der Waals surface area contributed by atoms with Crippen LogP contribution in [0.2, 0.25) is 0 Å². The summed E-state index contributed by atoms with van der Waals surface area (Å²) in [5.41, 5.74) is 0.0832. The molecule has 5 nitrogen and oxygen atoms in total. The summed E-state index contributed by atoms with van der Waals surface area (Å²) in [4.78, 5) is 26.3. The fraction of sp³-hybridized carbons (Fsp3) is 0.556. The van der Waals surface area contributed by atoms with E-state index in [1.807, 2.05) is 0 Å². The van der Waals surface area contributed by atoms with E-state index in [9.17, 15) is 14.0 Å². The Kier molecular flexibility index (Phi) is 5.80. The Balaban J connectivity index is 1.98. The van der Waals surface area contributed by atoms with Gasteiger partial charge in [-0.05, 0) is 57.7 Å². The van der Waals surface area contributed by atoms with Gasteiger partial charge in [0.25, 0.3) is 0 Å². The molecule has 1 aromatic carbocycles. The Morgan fingerprint density at radius 1 is 1.33 bits per heavy atom. The molecule has 0 radical (unpaired) electrons. The van der Waals surface area contributed by atoms with E-state index in [0.717, 1.165) is 12.8 Å². The van der Waals surface area contributed by atoms with Crippen molar-refractivity contribution in [1.82, 2.24) is 10.2 Å². The highest BCUT2D eigenvalue weighted by molar-refractivity contribution is 5.85. The fourth-order valence-electron chi connectivity index (χ4n) is 2.70. The molecule has 0 aromatic heterocycles. The van der Waals surface area contributed by atoms with E-state index in [-0.39, 0.29) is 18.3 Å². The van der Waals surface area contributed by atoms with Gasteiger partial charge < -0.3 is 10.1 Å². The molecular weight excluding hydrogens is 311 g/mol. The number of halogens is 1. The van der Waals surface area contributed by atoms with Gasteiger partial charge in [-0.15, -0.1) is 0 Å². The summed E-state index contributed by atoms with van der Waals surface area (Å²) in [6.45, 7) is 6.14. The quantitative estimate of drug-likeness (QED) is 0.922. The summed E-state index contributed by atoms with van der Waals surface area (Å²) in [7, 11) is 0. The molecule has 1 aromatic rings. The van der Waals surface area contributed by atoms with Crippen molar-refractivity contribution in [1.29, 1.82) is 0 Å². The highest BCUT2D eigenvalue weighted by Gasteiger charge is 2.34. The lowest BCUT2D eigenvalue weighted by molar-refractivity contribution is -0.127. The number of nitrogens with zero attached hydrogens (tertiary/aromatic N) is 1. The maximum absolute atomic E-state index is 13.2. The van der Waals surface area contributed by atoms with Crippen LogP contribution in [0.25, 0.3) is 0 Å². The second-order valence-electron chi connectivity index (χ2n) is 7.03. The molecule has 1 aliphatic heterocycles. The van der Waals surface area contributed by atoms with Crippen molar-refractivity contribution in [2.45, 2.75) is 58.2 Å². The SMILES string of the molecule is CC(C)(C)OC(=O)N1CCCC[C@H]1C(=O)NCc1cccc(F)c1. The summed E-state index contributed by atoms with van der Waals surface area (Å²) < 4.78 is 18.6. The van der Waals surface area contributed by atoms with E-state index in [2.05, 4.69) is 5.32 Å². The Morgan fingerprint density at radius 2 is 2.08 bits per heavy atom. The predicted octanol–water partition coefficient (Wildman–Crippen LogP) is 3.23. The van der Waals surface area contributed by atoms with Crippen molar-refractivity contribution in [3.8, 4) is 0 Å². The summed E-state index contributed by atoms with van der Waals surface area (Å²) in [6, 6.07) is 5.55. The molecule has 0 unspecified atom stereocenters. The van der Waals surface area contributed by atoms with Crippen molar-refractivity contribution < 1.29 is 18.7 Å². The molecule has 0 spiro atoms. The zero-order chi connectivity index (χ0) is 17.7. The summed E-state index contributed by atoms with van der Waals surface area (Å²) in [5.74, 6) is -0.570. The van der Waals surface area contributed by atoms with Gasteiger partial charge in [-0.1, -0.05) is 12.1 Å². The van der Waals surface area contributed by atoms with Crippen LogP contribution in [0.5, 0.6) is 0 Å². The lowest BCUT2D eigenvalue weighted by Crippen LogP contribution is -2.52. The van der Waals surface area contributed by atoms with Crippen LogP contribution in [0.4, 0.5) is 9.18 Å². The van der Waals surface area contributed by atoms with Crippen LogP contribution in [0.1, 0.15) is 45.6 Å². The molecule has 2 amide bonds. The minimum absolute atomic E-state index is 0.231. The number of nitrogens with one attached hydrogen (secondary N) is 1. The van der Waals surface area contributed by atoms with Crippen molar-refractivity contribution in [3.63, 3.8) is 0 Å². The minimum atomic E-state index is -0.600. The Hall–Kier alpha value is -2.11. The summed E-state index contributed by atoms with van der Waals surface area (Å²) in [5, 5.41) is 2.79. The zero-order valence-corrected chi connectivity index (χ0v) is 14.5. The Labute approximate surface area is 142 Å². The number of carbonyl (C=O) groups excluding carboxylic acids is 2. The molecule has 1 saturated heterocycles. The summed E-state index contributed by atoms with van der Waals surface area (Å²) in [6.07, 6.45) is 1.88. The fourth-order valence-corrected chi connectivity index (χ4v) is 2.70. The highest BCUT2D eigenvalue weighted by atomic mass is 19.1. The average Bonchev–Trinajstić information content (AvgIpc) is 2.51. The number of hydrogen-bond donors (Lipinski definition) is 1. The van der Waals surface area contributed by atoms with Crippen LogP contribution in [-0.4, -0.2) is 35.1 Å². The lowest BCUT2D eigenvalue weighted by atomic mass is 10.0. The third kappa shape index (κ3) is 5.22. The zero-order valence-electron chi connectivity index (χ0n) is 14.5. The van der Waals surface area contributed by atoms with Gasteiger partial charge in [0.05, 0.1) is 0 Å². The van der Waals surface area contributed by atoms with Gasteiger partial charge in [-0.2, -0.15) is 0 Å². The van der Waals surface area contributed by atoms with Crippen LogP contribution >= 0.6 is 0 Å². The van der Waals surface area contributed by atoms with E-state index in [1.54, 1.807) is 32.9 Å². The second kappa shape index (κ2) is 7.64. The third-order valence-corrected chi connectivity index (χ3v) is 3.79. The largest absolute Gasteiger partial charge is 0.444 e. The Bertz CT molecular complexity index is 598. The van der Waals surface area contributed by atoms with Crippen molar-refractivity contribution in [2.24, 2.45) is 0 Å². The van der Waals surface area contributed by atoms with E-state index in [1.165, 1.54) is 17.0 Å². The molecule has 0 aliphatic carbocycles. The molecule has 1 aliphatic rings. The topological polar surface area (TPSA) is 58.6 Å². The third-order valence-electron chi connectivity index (χ3n) is 3.79. The normalized spacial score (nSPS) is 18.2. The molecule has 1 heterocycles. The number of amides is 2. The standard InChI is InChI=1S/C18H25FN2O3/c1-18(2,3)24-17(23)21-10-5-4-9-15(21)16(22)20-12-13-7-6-8-14(19)11-13/h6-8,11,15H,4-5,9-10,12H2,1-3H3,(H,20,22)/t15-/m0/s1. The molecule has 132 valence electrons. The van der Waals surface area contributed by atoms with E-state index < -0.39 is 17.7 Å². The van der Waals surface area contributed by atoms with Crippen LogP contribution < -0.4 is 5.32 Å². The van der Waals surface area contributed by atoms with Crippen LogP contribution in [-0.2, 0) is 16.1 Å². The monoisotopic (exact) mass is 336 g/mol. The maximum Gasteiger partial charge on any atom is 0.410 e. The molecule has 6 heteroatoms.